The molecule has 0 saturated heterocycles. The monoisotopic (exact) mass is 239 g/mol. The number of benzene rings is 1. The first kappa shape index (κ1) is 13.5. The molecule has 1 nitrogen and oxygen atoms in total. The first-order valence-corrected chi connectivity index (χ1v) is 6.59. The fourth-order valence-corrected chi connectivity index (χ4v) is 2.10. The molecular formula is C14H22ClN. The van der Waals surface area contributed by atoms with E-state index < -0.39 is 0 Å². The molecule has 0 aliphatic carbocycles. The molecule has 0 fully saturated rings. The molecule has 2 atom stereocenters. The molecular weight excluding hydrogens is 218 g/mol. The lowest BCUT2D eigenvalue weighted by Crippen LogP contribution is -2.16. The van der Waals surface area contributed by atoms with Gasteiger partial charge in [0.15, 0.2) is 0 Å². The molecule has 0 heterocycles. The predicted molar refractivity (Wildman–Crippen MR) is 72.3 cm³/mol. The Kier molecular flexibility index (Phi) is 5.86. The maximum absolute atomic E-state index is 5.79. The number of hydrogen-bond acceptors (Lipinski definition) is 1. The van der Waals surface area contributed by atoms with E-state index in [1.807, 2.05) is 7.05 Å². The van der Waals surface area contributed by atoms with Gasteiger partial charge in [0.1, 0.15) is 0 Å². The van der Waals surface area contributed by atoms with Gasteiger partial charge in [0.05, 0.1) is 0 Å². The molecule has 0 aliphatic heterocycles. The van der Waals surface area contributed by atoms with Crippen molar-refractivity contribution in [3.05, 3.63) is 35.4 Å². The van der Waals surface area contributed by atoms with Gasteiger partial charge in [0.2, 0.25) is 0 Å². The SMILES string of the molecule is CCC(C)c1ccc(C(CCCl)NC)cc1. The van der Waals surface area contributed by atoms with Crippen molar-refractivity contribution in [3.8, 4) is 0 Å². The quantitative estimate of drug-likeness (QED) is 0.738. The van der Waals surface area contributed by atoms with Crippen molar-refractivity contribution < 1.29 is 0 Å². The highest BCUT2D eigenvalue weighted by atomic mass is 35.5. The van der Waals surface area contributed by atoms with E-state index in [0.717, 1.165) is 6.42 Å². The summed E-state index contributed by atoms with van der Waals surface area (Å²) in [5, 5.41) is 3.30. The minimum absolute atomic E-state index is 0.378. The third-order valence-electron chi connectivity index (χ3n) is 3.27. The van der Waals surface area contributed by atoms with Gasteiger partial charge in [-0.15, -0.1) is 11.6 Å². The minimum atomic E-state index is 0.378. The standard InChI is InChI=1S/C14H22ClN/c1-4-11(2)12-5-7-13(8-6-12)14(16-3)9-10-15/h5-8,11,14,16H,4,9-10H2,1-3H3. The lowest BCUT2D eigenvalue weighted by atomic mass is 9.95. The predicted octanol–water partition coefficient (Wildman–Crippen LogP) is 4.09. The van der Waals surface area contributed by atoms with Crippen molar-refractivity contribution in [3.63, 3.8) is 0 Å². The summed E-state index contributed by atoms with van der Waals surface area (Å²) in [6.07, 6.45) is 2.16. The Hall–Kier alpha value is -0.530. The molecule has 90 valence electrons. The molecule has 1 N–H and O–H groups in total. The molecule has 0 spiro atoms. The average Bonchev–Trinajstić information content (AvgIpc) is 2.35. The largest absolute Gasteiger partial charge is 0.313 e. The first-order valence-electron chi connectivity index (χ1n) is 6.06. The third kappa shape index (κ3) is 3.50. The molecule has 1 rings (SSSR count). The summed E-state index contributed by atoms with van der Waals surface area (Å²) in [7, 11) is 1.99. The van der Waals surface area contributed by atoms with Crippen molar-refractivity contribution in [2.45, 2.75) is 38.6 Å². The van der Waals surface area contributed by atoms with Gasteiger partial charge in [-0.3, -0.25) is 0 Å². The minimum Gasteiger partial charge on any atom is -0.313 e. The molecule has 1 aromatic rings. The highest BCUT2D eigenvalue weighted by Gasteiger charge is 2.09. The van der Waals surface area contributed by atoms with Gasteiger partial charge in [-0.25, -0.2) is 0 Å². The van der Waals surface area contributed by atoms with Gasteiger partial charge < -0.3 is 5.32 Å². The summed E-state index contributed by atoms with van der Waals surface area (Å²) in [4.78, 5) is 0. The Labute approximate surface area is 104 Å². The third-order valence-corrected chi connectivity index (χ3v) is 3.48. The van der Waals surface area contributed by atoms with Crippen LogP contribution in [0.25, 0.3) is 0 Å². The molecule has 0 aromatic heterocycles. The number of halogens is 1. The summed E-state index contributed by atoms with van der Waals surface area (Å²) in [5.41, 5.74) is 2.75. The molecule has 2 unspecified atom stereocenters. The van der Waals surface area contributed by atoms with Crippen LogP contribution in [0, 0.1) is 0 Å². The van der Waals surface area contributed by atoms with E-state index in [1.165, 1.54) is 17.5 Å². The molecule has 0 saturated carbocycles. The number of nitrogens with one attached hydrogen (secondary N) is 1. The molecule has 0 bridgehead atoms. The van der Waals surface area contributed by atoms with Gasteiger partial charge in [0, 0.05) is 11.9 Å². The van der Waals surface area contributed by atoms with Gasteiger partial charge in [-0.2, -0.15) is 0 Å². The fraction of sp³-hybridized carbons (Fsp3) is 0.571. The topological polar surface area (TPSA) is 12.0 Å². The molecule has 0 radical (unpaired) electrons. The van der Waals surface area contributed by atoms with E-state index in [1.54, 1.807) is 0 Å². The van der Waals surface area contributed by atoms with Crippen molar-refractivity contribution in [2.75, 3.05) is 12.9 Å². The molecule has 0 amide bonds. The average molecular weight is 240 g/mol. The maximum atomic E-state index is 5.79. The van der Waals surface area contributed by atoms with E-state index in [-0.39, 0.29) is 0 Å². The van der Waals surface area contributed by atoms with Crippen LogP contribution < -0.4 is 5.32 Å². The normalized spacial score (nSPS) is 14.8. The van der Waals surface area contributed by atoms with Gasteiger partial charge in [-0.05, 0) is 36.9 Å². The van der Waals surface area contributed by atoms with Gasteiger partial charge in [0.25, 0.3) is 0 Å². The number of hydrogen-bond donors (Lipinski definition) is 1. The van der Waals surface area contributed by atoms with Crippen LogP contribution in [0.5, 0.6) is 0 Å². The summed E-state index contributed by atoms with van der Waals surface area (Å²) in [6, 6.07) is 9.29. The molecule has 1 aromatic carbocycles. The van der Waals surface area contributed by atoms with E-state index in [2.05, 4.69) is 43.4 Å². The summed E-state index contributed by atoms with van der Waals surface area (Å²) in [6.45, 7) is 4.49. The Bertz CT molecular complexity index is 294. The zero-order valence-electron chi connectivity index (χ0n) is 10.5. The second kappa shape index (κ2) is 6.93. The lowest BCUT2D eigenvalue weighted by molar-refractivity contribution is 0.579. The Morgan fingerprint density at radius 1 is 1.19 bits per heavy atom. The molecule has 0 aliphatic rings. The highest BCUT2D eigenvalue weighted by molar-refractivity contribution is 6.17. The highest BCUT2D eigenvalue weighted by Crippen LogP contribution is 2.22. The van der Waals surface area contributed by atoms with Crippen molar-refractivity contribution >= 4 is 11.6 Å². The maximum Gasteiger partial charge on any atom is 0.0328 e. The molecule has 2 heteroatoms. The number of rotatable bonds is 6. The van der Waals surface area contributed by atoms with Gasteiger partial charge >= 0.3 is 0 Å². The van der Waals surface area contributed by atoms with Gasteiger partial charge in [-0.1, -0.05) is 38.1 Å². The van der Waals surface area contributed by atoms with Crippen LogP contribution in [-0.2, 0) is 0 Å². The second-order valence-corrected chi connectivity index (χ2v) is 4.67. The Morgan fingerprint density at radius 2 is 1.75 bits per heavy atom. The second-order valence-electron chi connectivity index (χ2n) is 4.29. The zero-order valence-corrected chi connectivity index (χ0v) is 11.2. The van der Waals surface area contributed by atoms with Crippen LogP contribution in [0.2, 0.25) is 0 Å². The van der Waals surface area contributed by atoms with Crippen LogP contribution in [0.15, 0.2) is 24.3 Å². The Balaban J connectivity index is 2.76. The van der Waals surface area contributed by atoms with E-state index in [0.29, 0.717) is 17.8 Å². The van der Waals surface area contributed by atoms with Crippen molar-refractivity contribution in [2.24, 2.45) is 0 Å². The molecule has 16 heavy (non-hydrogen) atoms. The van der Waals surface area contributed by atoms with E-state index in [4.69, 9.17) is 11.6 Å². The lowest BCUT2D eigenvalue weighted by Gasteiger charge is -2.16. The summed E-state index contributed by atoms with van der Waals surface area (Å²) in [5.74, 6) is 1.34. The van der Waals surface area contributed by atoms with E-state index in [9.17, 15) is 0 Å². The van der Waals surface area contributed by atoms with Crippen LogP contribution in [-0.4, -0.2) is 12.9 Å². The smallest absolute Gasteiger partial charge is 0.0328 e. The van der Waals surface area contributed by atoms with Crippen LogP contribution in [0.4, 0.5) is 0 Å². The van der Waals surface area contributed by atoms with Crippen LogP contribution in [0.1, 0.15) is 49.8 Å². The zero-order chi connectivity index (χ0) is 12.0. The van der Waals surface area contributed by atoms with Crippen molar-refractivity contribution in [1.29, 1.82) is 0 Å². The Morgan fingerprint density at radius 3 is 2.19 bits per heavy atom. The van der Waals surface area contributed by atoms with E-state index >= 15 is 0 Å². The van der Waals surface area contributed by atoms with Crippen molar-refractivity contribution in [1.82, 2.24) is 5.32 Å². The first-order chi connectivity index (χ1) is 7.72. The van der Waals surface area contributed by atoms with Crippen LogP contribution in [0.3, 0.4) is 0 Å². The van der Waals surface area contributed by atoms with Crippen LogP contribution >= 0.6 is 11.6 Å². The summed E-state index contributed by atoms with van der Waals surface area (Å²) < 4.78 is 0. The summed E-state index contributed by atoms with van der Waals surface area (Å²) >= 11 is 5.79. The fourth-order valence-electron chi connectivity index (χ4n) is 1.88. The number of alkyl halides is 1.